The van der Waals surface area contributed by atoms with Crippen molar-refractivity contribution >= 4 is 10.0 Å². The van der Waals surface area contributed by atoms with Crippen LogP contribution in [0.15, 0.2) is 24.3 Å². The molecule has 0 heterocycles. The molecule has 0 atom stereocenters. The lowest BCUT2D eigenvalue weighted by Crippen LogP contribution is -2.40. The first kappa shape index (κ1) is 14.0. The highest BCUT2D eigenvalue weighted by Crippen LogP contribution is 2.39. The van der Waals surface area contributed by atoms with Gasteiger partial charge in [-0.3, -0.25) is 0 Å². The average Bonchev–Trinajstić information content (AvgIpc) is 2.35. The van der Waals surface area contributed by atoms with E-state index in [0.717, 1.165) is 12.8 Å². The molecule has 0 spiro atoms. The molecule has 4 nitrogen and oxygen atoms in total. The molecule has 0 saturated heterocycles. The van der Waals surface area contributed by atoms with Gasteiger partial charge in [-0.15, -0.1) is 0 Å². The number of nitrogens with one attached hydrogen (secondary N) is 1. The van der Waals surface area contributed by atoms with E-state index in [-0.39, 0.29) is 11.2 Å². The normalized spacial score (nSPS) is 17.5. The summed E-state index contributed by atoms with van der Waals surface area (Å²) in [5, 5.41) is 8.69. The zero-order valence-corrected chi connectivity index (χ0v) is 11.8. The van der Waals surface area contributed by atoms with Gasteiger partial charge in [0.25, 0.3) is 0 Å². The summed E-state index contributed by atoms with van der Waals surface area (Å²) >= 11 is 0. The van der Waals surface area contributed by atoms with Crippen LogP contribution in [0.25, 0.3) is 0 Å². The molecule has 0 aromatic heterocycles. The van der Waals surface area contributed by atoms with Crippen molar-refractivity contribution in [1.82, 2.24) is 4.72 Å². The molecule has 19 heavy (non-hydrogen) atoms. The van der Waals surface area contributed by atoms with Gasteiger partial charge in [-0.25, -0.2) is 13.1 Å². The van der Waals surface area contributed by atoms with Gasteiger partial charge >= 0.3 is 0 Å². The van der Waals surface area contributed by atoms with E-state index in [9.17, 15) is 8.42 Å². The maximum atomic E-state index is 12.0. The van der Waals surface area contributed by atoms with Gasteiger partial charge < -0.3 is 0 Å². The molecule has 0 bridgehead atoms. The number of benzene rings is 1. The van der Waals surface area contributed by atoms with Gasteiger partial charge in [-0.2, -0.15) is 5.26 Å². The number of hydrogen-bond donors (Lipinski definition) is 1. The van der Waals surface area contributed by atoms with Gasteiger partial charge in [-0.05, 0) is 36.0 Å². The van der Waals surface area contributed by atoms with Crippen molar-refractivity contribution in [2.24, 2.45) is 5.41 Å². The Morgan fingerprint density at radius 2 is 1.95 bits per heavy atom. The Morgan fingerprint density at radius 1 is 1.32 bits per heavy atom. The van der Waals surface area contributed by atoms with Crippen molar-refractivity contribution in [3.05, 3.63) is 35.4 Å². The van der Waals surface area contributed by atoms with Crippen molar-refractivity contribution in [1.29, 1.82) is 5.26 Å². The van der Waals surface area contributed by atoms with Gasteiger partial charge in [0.05, 0.1) is 17.4 Å². The first-order valence-electron chi connectivity index (χ1n) is 6.39. The zero-order valence-electron chi connectivity index (χ0n) is 11.0. The van der Waals surface area contributed by atoms with E-state index in [0.29, 0.717) is 17.7 Å². The zero-order chi connectivity index (χ0) is 13.9. The third-order valence-corrected chi connectivity index (χ3v) is 5.02. The number of sulfonamides is 1. The van der Waals surface area contributed by atoms with Crippen molar-refractivity contribution in [3.63, 3.8) is 0 Å². The Labute approximate surface area is 114 Å². The highest BCUT2D eigenvalue weighted by atomic mass is 32.2. The Morgan fingerprint density at radius 3 is 2.42 bits per heavy atom. The fourth-order valence-electron chi connectivity index (χ4n) is 2.19. The summed E-state index contributed by atoms with van der Waals surface area (Å²) in [6.45, 7) is 2.63. The summed E-state index contributed by atoms with van der Waals surface area (Å²) in [7, 11) is -3.30. The predicted molar refractivity (Wildman–Crippen MR) is 73.7 cm³/mol. The smallest absolute Gasteiger partial charge is 0.214 e. The van der Waals surface area contributed by atoms with Crippen molar-refractivity contribution < 1.29 is 8.42 Å². The minimum absolute atomic E-state index is 0.0329. The summed E-state index contributed by atoms with van der Waals surface area (Å²) in [6, 6.07) is 8.65. The minimum atomic E-state index is -3.30. The molecule has 1 fully saturated rings. The molecule has 0 radical (unpaired) electrons. The first-order valence-corrected chi connectivity index (χ1v) is 8.04. The van der Waals surface area contributed by atoms with Gasteiger partial charge in [0.15, 0.2) is 0 Å². The molecule has 5 heteroatoms. The number of hydrogen-bond acceptors (Lipinski definition) is 3. The summed E-state index contributed by atoms with van der Waals surface area (Å²) in [5.41, 5.74) is 1.37. The SMILES string of the molecule is CC1(CNS(=O)(=O)Cc2ccc(C#N)cc2)CCC1. The summed E-state index contributed by atoms with van der Waals surface area (Å²) in [5.74, 6) is -0.0329. The van der Waals surface area contributed by atoms with Gasteiger partial charge in [0.2, 0.25) is 10.0 Å². The van der Waals surface area contributed by atoms with Crippen LogP contribution in [0, 0.1) is 16.7 Å². The predicted octanol–water partition coefficient (Wildman–Crippen LogP) is 2.17. The van der Waals surface area contributed by atoms with E-state index in [2.05, 4.69) is 11.6 Å². The largest absolute Gasteiger partial charge is 0.215 e. The Bertz CT molecular complexity index is 581. The third kappa shape index (κ3) is 3.79. The van der Waals surface area contributed by atoms with Crippen LogP contribution in [0.2, 0.25) is 0 Å². The van der Waals surface area contributed by atoms with Crippen LogP contribution in [0.4, 0.5) is 0 Å². The van der Waals surface area contributed by atoms with E-state index in [1.165, 1.54) is 6.42 Å². The summed E-state index contributed by atoms with van der Waals surface area (Å²) < 4.78 is 26.6. The van der Waals surface area contributed by atoms with Gasteiger partial charge in [0, 0.05) is 6.54 Å². The number of nitrogens with zero attached hydrogens (tertiary/aromatic N) is 1. The van der Waals surface area contributed by atoms with Crippen LogP contribution in [0.3, 0.4) is 0 Å². The molecule has 1 aromatic carbocycles. The second-order valence-corrected chi connectivity index (χ2v) is 7.36. The molecule has 1 aromatic rings. The van der Waals surface area contributed by atoms with Gasteiger partial charge in [-0.1, -0.05) is 25.5 Å². The Kier molecular flexibility index (Phi) is 3.93. The molecule has 102 valence electrons. The topological polar surface area (TPSA) is 70.0 Å². The third-order valence-electron chi connectivity index (χ3n) is 3.72. The molecule has 0 unspecified atom stereocenters. The quantitative estimate of drug-likeness (QED) is 0.897. The maximum Gasteiger partial charge on any atom is 0.215 e. The Balaban J connectivity index is 1.94. The second kappa shape index (κ2) is 5.32. The standard InChI is InChI=1S/C14H18N2O2S/c1-14(7-2-8-14)11-16-19(17,18)10-13-5-3-12(9-15)4-6-13/h3-6,16H,2,7-8,10-11H2,1H3. The van der Waals surface area contributed by atoms with Crippen LogP contribution in [0.5, 0.6) is 0 Å². The van der Waals surface area contributed by atoms with Crippen LogP contribution < -0.4 is 4.72 Å². The lowest BCUT2D eigenvalue weighted by molar-refractivity contribution is 0.166. The molecule has 2 rings (SSSR count). The molecular weight excluding hydrogens is 260 g/mol. The van der Waals surface area contributed by atoms with Crippen molar-refractivity contribution in [2.75, 3.05) is 6.54 Å². The summed E-state index contributed by atoms with van der Waals surface area (Å²) in [4.78, 5) is 0. The molecule has 1 aliphatic carbocycles. The summed E-state index contributed by atoms with van der Waals surface area (Å²) in [6.07, 6.45) is 3.37. The van der Waals surface area contributed by atoms with E-state index < -0.39 is 10.0 Å². The van der Waals surface area contributed by atoms with Gasteiger partial charge in [0.1, 0.15) is 0 Å². The second-order valence-electron chi connectivity index (χ2n) is 5.55. The van der Waals surface area contributed by atoms with Crippen LogP contribution >= 0.6 is 0 Å². The van der Waals surface area contributed by atoms with Crippen molar-refractivity contribution in [3.8, 4) is 6.07 Å². The molecule has 0 aliphatic heterocycles. The van der Waals surface area contributed by atoms with Crippen LogP contribution in [-0.2, 0) is 15.8 Å². The van der Waals surface area contributed by atoms with E-state index in [1.54, 1.807) is 24.3 Å². The lowest BCUT2D eigenvalue weighted by Gasteiger charge is -2.38. The number of rotatable bonds is 5. The average molecular weight is 278 g/mol. The van der Waals surface area contributed by atoms with Crippen LogP contribution in [-0.4, -0.2) is 15.0 Å². The molecular formula is C14H18N2O2S. The molecule has 1 saturated carbocycles. The first-order chi connectivity index (χ1) is 8.92. The van der Waals surface area contributed by atoms with E-state index >= 15 is 0 Å². The minimum Gasteiger partial charge on any atom is -0.214 e. The maximum absolute atomic E-state index is 12.0. The van der Waals surface area contributed by atoms with E-state index in [4.69, 9.17) is 5.26 Å². The van der Waals surface area contributed by atoms with Crippen molar-refractivity contribution in [2.45, 2.75) is 31.9 Å². The van der Waals surface area contributed by atoms with Crippen LogP contribution in [0.1, 0.15) is 37.3 Å². The highest BCUT2D eigenvalue weighted by Gasteiger charge is 2.32. The Hall–Kier alpha value is -1.38. The monoisotopic (exact) mass is 278 g/mol. The number of nitriles is 1. The molecule has 1 aliphatic rings. The molecule has 1 N–H and O–H groups in total. The highest BCUT2D eigenvalue weighted by molar-refractivity contribution is 7.88. The molecule has 0 amide bonds. The fraction of sp³-hybridized carbons (Fsp3) is 0.500. The van der Waals surface area contributed by atoms with E-state index in [1.807, 2.05) is 6.07 Å². The fourth-order valence-corrected chi connectivity index (χ4v) is 3.49. The lowest BCUT2D eigenvalue weighted by atomic mass is 9.71.